The van der Waals surface area contributed by atoms with Crippen molar-refractivity contribution in [2.75, 3.05) is 6.61 Å². The Bertz CT molecular complexity index is 754. The van der Waals surface area contributed by atoms with Gasteiger partial charge in [-0.05, 0) is 6.92 Å². The van der Waals surface area contributed by atoms with Gasteiger partial charge in [0, 0.05) is 26.1 Å². The van der Waals surface area contributed by atoms with Gasteiger partial charge in [0.2, 0.25) is 0 Å². The van der Waals surface area contributed by atoms with E-state index in [4.69, 9.17) is 25.8 Å². The lowest BCUT2D eigenvalue weighted by molar-refractivity contribution is -0.155. The molecular formula is C14H17ClN2O7. The van der Waals surface area contributed by atoms with Crippen LogP contribution in [0.5, 0.6) is 0 Å². The van der Waals surface area contributed by atoms with E-state index in [1.165, 1.54) is 27.0 Å². The highest BCUT2D eigenvalue weighted by Gasteiger charge is 2.56. The minimum absolute atomic E-state index is 0.204. The van der Waals surface area contributed by atoms with Crippen molar-refractivity contribution in [2.45, 2.75) is 44.1 Å². The summed E-state index contributed by atoms with van der Waals surface area (Å²) < 4.78 is 16.9. The second-order valence-electron chi connectivity index (χ2n) is 5.53. The van der Waals surface area contributed by atoms with Crippen molar-refractivity contribution >= 4 is 23.5 Å². The van der Waals surface area contributed by atoms with Crippen molar-refractivity contribution in [1.82, 2.24) is 9.55 Å². The maximum Gasteiger partial charge on any atom is 0.330 e. The van der Waals surface area contributed by atoms with E-state index < -0.39 is 46.5 Å². The number of halogens is 1. The zero-order valence-corrected chi connectivity index (χ0v) is 14.0. The number of ether oxygens (including phenoxy) is 3. The van der Waals surface area contributed by atoms with Crippen LogP contribution in [0.4, 0.5) is 0 Å². The van der Waals surface area contributed by atoms with Gasteiger partial charge in [0.1, 0.15) is 17.6 Å². The smallest absolute Gasteiger partial charge is 0.330 e. The molecule has 1 aromatic heterocycles. The second-order valence-corrected chi connectivity index (χ2v) is 6.34. The molecule has 10 heteroatoms. The van der Waals surface area contributed by atoms with Gasteiger partial charge in [-0.1, -0.05) is 0 Å². The van der Waals surface area contributed by atoms with E-state index >= 15 is 0 Å². The van der Waals surface area contributed by atoms with Gasteiger partial charge >= 0.3 is 17.6 Å². The summed E-state index contributed by atoms with van der Waals surface area (Å²) in [6.07, 6.45) is -1.66. The van der Waals surface area contributed by atoms with Crippen molar-refractivity contribution < 1.29 is 23.8 Å². The van der Waals surface area contributed by atoms with Gasteiger partial charge in [-0.15, -0.1) is 11.6 Å². The normalized spacial score (nSPS) is 29.2. The highest BCUT2D eigenvalue weighted by Crippen LogP contribution is 2.44. The number of carbonyl (C=O) groups is 2. The third-order valence-electron chi connectivity index (χ3n) is 3.53. The van der Waals surface area contributed by atoms with Crippen molar-refractivity contribution in [3.63, 3.8) is 0 Å². The van der Waals surface area contributed by atoms with Crippen LogP contribution in [0.15, 0.2) is 21.9 Å². The van der Waals surface area contributed by atoms with Crippen LogP contribution >= 0.6 is 11.6 Å². The van der Waals surface area contributed by atoms with Gasteiger partial charge in [-0.25, -0.2) is 4.79 Å². The van der Waals surface area contributed by atoms with Crippen molar-refractivity contribution in [3.05, 3.63) is 33.1 Å². The summed E-state index contributed by atoms with van der Waals surface area (Å²) in [6.45, 7) is 3.75. The van der Waals surface area contributed by atoms with E-state index in [-0.39, 0.29) is 6.61 Å². The second kappa shape index (κ2) is 6.78. The fraction of sp³-hybridized carbons (Fsp3) is 0.571. The summed E-state index contributed by atoms with van der Waals surface area (Å²) in [7, 11) is 0. The molecule has 24 heavy (non-hydrogen) atoms. The number of aromatic amines is 1. The lowest BCUT2D eigenvalue weighted by Crippen LogP contribution is -2.45. The number of aromatic nitrogens is 2. The summed E-state index contributed by atoms with van der Waals surface area (Å²) in [5.74, 6) is -1.14. The lowest BCUT2D eigenvalue weighted by Gasteiger charge is -2.28. The minimum atomic E-state index is -1.33. The van der Waals surface area contributed by atoms with Crippen LogP contribution in [-0.4, -0.2) is 45.2 Å². The highest BCUT2D eigenvalue weighted by molar-refractivity contribution is 6.24. The van der Waals surface area contributed by atoms with E-state index in [0.717, 1.165) is 10.6 Å². The molecule has 0 aromatic carbocycles. The Hall–Kier alpha value is -2.13. The van der Waals surface area contributed by atoms with Crippen molar-refractivity contribution in [1.29, 1.82) is 0 Å². The number of carbonyl (C=O) groups excluding carboxylic acids is 2. The van der Waals surface area contributed by atoms with Crippen LogP contribution in [0.2, 0.25) is 0 Å². The minimum Gasteiger partial charge on any atom is -0.463 e. The third kappa shape index (κ3) is 3.68. The first kappa shape index (κ1) is 18.2. The molecule has 0 saturated carbocycles. The maximum absolute atomic E-state index is 12.0. The van der Waals surface area contributed by atoms with E-state index in [1.54, 1.807) is 0 Å². The van der Waals surface area contributed by atoms with Gasteiger partial charge in [0.25, 0.3) is 5.56 Å². The Kier molecular flexibility index (Phi) is 5.14. The Morgan fingerprint density at radius 2 is 2.04 bits per heavy atom. The molecule has 1 fully saturated rings. The number of rotatable bonds is 4. The Labute approximate surface area is 141 Å². The molecule has 132 valence electrons. The number of H-pyrrole nitrogens is 1. The van der Waals surface area contributed by atoms with E-state index in [0.29, 0.717) is 0 Å². The highest BCUT2D eigenvalue weighted by atomic mass is 35.5. The summed E-state index contributed by atoms with van der Waals surface area (Å²) in [5, 5.41) is 0. The molecule has 1 aliphatic rings. The van der Waals surface area contributed by atoms with Crippen LogP contribution in [0.25, 0.3) is 0 Å². The number of nitrogens with zero attached hydrogens (tertiary/aromatic N) is 1. The van der Waals surface area contributed by atoms with Gasteiger partial charge in [0.15, 0.2) is 12.3 Å². The largest absolute Gasteiger partial charge is 0.463 e. The first-order valence-corrected chi connectivity index (χ1v) is 7.47. The van der Waals surface area contributed by atoms with Crippen LogP contribution < -0.4 is 11.2 Å². The summed E-state index contributed by atoms with van der Waals surface area (Å²) >= 11 is 6.51. The molecule has 1 saturated heterocycles. The number of nitrogens with one attached hydrogen (secondary N) is 1. The van der Waals surface area contributed by atoms with Gasteiger partial charge in [-0.3, -0.25) is 23.9 Å². The average molecular weight is 361 g/mol. The number of hydrogen-bond donors (Lipinski definition) is 1. The molecule has 4 atom stereocenters. The van der Waals surface area contributed by atoms with Crippen LogP contribution in [0.1, 0.15) is 27.0 Å². The van der Waals surface area contributed by atoms with E-state index in [2.05, 4.69) is 4.98 Å². The average Bonchev–Trinajstić information content (AvgIpc) is 2.68. The molecule has 1 aromatic rings. The zero-order chi connectivity index (χ0) is 18.1. The zero-order valence-electron chi connectivity index (χ0n) is 13.3. The van der Waals surface area contributed by atoms with E-state index in [9.17, 15) is 19.2 Å². The van der Waals surface area contributed by atoms with Crippen molar-refractivity contribution in [3.8, 4) is 0 Å². The predicted octanol–water partition coefficient (Wildman–Crippen LogP) is -0.0737. The molecular weight excluding hydrogens is 344 g/mol. The first-order chi connectivity index (χ1) is 11.1. The molecule has 0 amide bonds. The quantitative estimate of drug-likeness (QED) is 0.589. The molecule has 0 radical (unpaired) electrons. The monoisotopic (exact) mass is 360 g/mol. The molecule has 0 spiro atoms. The molecule has 0 unspecified atom stereocenters. The van der Waals surface area contributed by atoms with Crippen LogP contribution in [0.3, 0.4) is 0 Å². The molecule has 1 N–H and O–H groups in total. The van der Waals surface area contributed by atoms with E-state index in [1.807, 2.05) is 0 Å². The molecule has 9 nitrogen and oxygen atoms in total. The number of alkyl halides is 1. The molecule has 2 heterocycles. The SMILES string of the molecule is CC(=O)OC[C@H]1O[C@@H](n2ccc(=O)[nH]c2=O)[C@](C)(Cl)[C@@H]1OC(C)=O. The molecule has 1 aliphatic heterocycles. The molecule has 2 rings (SSSR count). The molecule has 0 aliphatic carbocycles. The predicted molar refractivity (Wildman–Crippen MR) is 81.7 cm³/mol. The molecule has 0 bridgehead atoms. The topological polar surface area (TPSA) is 117 Å². The Morgan fingerprint density at radius 1 is 1.38 bits per heavy atom. The van der Waals surface area contributed by atoms with Gasteiger partial charge in [-0.2, -0.15) is 0 Å². The van der Waals surface area contributed by atoms with Gasteiger partial charge < -0.3 is 14.2 Å². The standard InChI is InChI=1S/C14H17ClN2O7/c1-7(18)22-6-9-11(23-8(2)19)14(3,15)12(24-9)17-5-4-10(20)16-13(17)21/h4-5,9,11-12H,6H2,1-3H3,(H,16,20,21)/t9-,11-,12-,14-/m1/s1. The number of hydrogen-bond acceptors (Lipinski definition) is 7. The van der Waals surface area contributed by atoms with Crippen molar-refractivity contribution in [2.24, 2.45) is 0 Å². The Balaban J connectivity index is 2.38. The summed E-state index contributed by atoms with van der Waals surface area (Å²) in [4.78, 5) is 46.3. The van der Waals surface area contributed by atoms with Crippen LogP contribution in [0, 0.1) is 0 Å². The number of esters is 2. The maximum atomic E-state index is 12.0. The summed E-state index contributed by atoms with van der Waals surface area (Å²) in [6, 6.07) is 1.14. The third-order valence-corrected chi connectivity index (χ3v) is 3.93. The summed E-state index contributed by atoms with van der Waals surface area (Å²) in [5.41, 5.74) is -1.30. The van der Waals surface area contributed by atoms with Gasteiger partial charge in [0.05, 0.1) is 0 Å². The fourth-order valence-corrected chi connectivity index (χ4v) is 2.86. The van der Waals surface area contributed by atoms with Crippen LogP contribution in [-0.2, 0) is 23.8 Å². The lowest BCUT2D eigenvalue weighted by atomic mass is 10.0. The first-order valence-electron chi connectivity index (χ1n) is 7.09. The Morgan fingerprint density at radius 3 is 2.58 bits per heavy atom. The fourth-order valence-electron chi connectivity index (χ4n) is 2.52.